The fourth-order valence-electron chi connectivity index (χ4n) is 2.50. The van der Waals surface area contributed by atoms with Crippen molar-refractivity contribution >= 4 is 23.5 Å². The Balaban J connectivity index is 1.95. The first-order valence-electron chi connectivity index (χ1n) is 7.83. The van der Waals surface area contributed by atoms with Gasteiger partial charge in [-0.05, 0) is 30.7 Å². The molecule has 0 bridgehead atoms. The number of rotatable bonds is 7. The second-order valence-electron chi connectivity index (χ2n) is 5.63. The molecular formula is C17H21NO5. The number of anilines is 1. The summed E-state index contributed by atoms with van der Waals surface area (Å²) in [4.78, 5) is 36.2. The molecule has 1 atom stereocenters. The molecule has 0 aromatic heterocycles. The minimum Gasteiger partial charge on any atom is -0.481 e. The van der Waals surface area contributed by atoms with Crippen molar-refractivity contribution in [3.05, 3.63) is 29.8 Å². The summed E-state index contributed by atoms with van der Waals surface area (Å²) in [6.07, 6.45) is 2.94. The van der Waals surface area contributed by atoms with Crippen molar-refractivity contribution in [2.45, 2.75) is 32.6 Å². The van der Waals surface area contributed by atoms with Crippen LogP contribution < -0.4 is 4.90 Å². The Bertz CT molecular complexity index is 581. The van der Waals surface area contributed by atoms with Gasteiger partial charge in [0.1, 0.15) is 0 Å². The maximum absolute atomic E-state index is 11.9. The number of nitrogens with zero attached hydrogens (tertiary/aromatic N) is 1. The van der Waals surface area contributed by atoms with Crippen molar-refractivity contribution in [3.8, 4) is 0 Å². The molecule has 0 aliphatic carbocycles. The van der Waals surface area contributed by atoms with Crippen LogP contribution in [0.3, 0.4) is 0 Å². The number of hydrogen-bond donors (Lipinski definition) is 1. The van der Waals surface area contributed by atoms with Crippen molar-refractivity contribution in [2.24, 2.45) is 5.92 Å². The Morgan fingerprint density at radius 1 is 1.26 bits per heavy atom. The number of carbonyl (C=O) groups is 3. The van der Waals surface area contributed by atoms with Crippen LogP contribution in [0.4, 0.5) is 5.69 Å². The highest BCUT2D eigenvalue weighted by atomic mass is 16.5. The number of amides is 1. The van der Waals surface area contributed by atoms with Gasteiger partial charge in [0.2, 0.25) is 5.91 Å². The lowest BCUT2D eigenvalue weighted by Gasteiger charge is -2.16. The van der Waals surface area contributed by atoms with E-state index in [0.717, 1.165) is 19.3 Å². The molecule has 6 nitrogen and oxygen atoms in total. The average molecular weight is 319 g/mol. The molecule has 0 spiro atoms. The Kier molecular flexibility index (Phi) is 5.73. The third-order valence-electron chi connectivity index (χ3n) is 3.87. The number of carbonyl (C=O) groups excluding carboxylic acids is 2. The zero-order valence-corrected chi connectivity index (χ0v) is 13.2. The molecule has 2 rings (SSSR count). The first-order valence-corrected chi connectivity index (χ1v) is 7.83. The summed E-state index contributed by atoms with van der Waals surface area (Å²) < 4.78 is 5.17. The quantitative estimate of drug-likeness (QED) is 0.616. The van der Waals surface area contributed by atoms with E-state index < -0.39 is 11.9 Å². The van der Waals surface area contributed by atoms with Gasteiger partial charge < -0.3 is 14.7 Å². The monoisotopic (exact) mass is 319 g/mol. The number of carboxylic acid groups (broad SMARTS) is 1. The van der Waals surface area contributed by atoms with Crippen molar-refractivity contribution in [2.75, 3.05) is 18.1 Å². The van der Waals surface area contributed by atoms with Gasteiger partial charge in [0, 0.05) is 18.7 Å². The predicted octanol–water partition coefficient (Wildman–Crippen LogP) is 2.47. The molecule has 1 saturated heterocycles. The molecule has 1 heterocycles. The van der Waals surface area contributed by atoms with Crippen LogP contribution in [0.1, 0.15) is 43.0 Å². The SMILES string of the molecule is CCCCCOC(=O)c1ccc(N2C[C@@H](C(=O)O)CC2=O)cc1. The molecule has 0 radical (unpaired) electrons. The van der Waals surface area contributed by atoms with Gasteiger partial charge in [-0.15, -0.1) is 0 Å². The van der Waals surface area contributed by atoms with Crippen LogP contribution >= 0.6 is 0 Å². The molecule has 1 N–H and O–H groups in total. The smallest absolute Gasteiger partial charge is 0.338 e. The number of aliphatic carboxylic acids is 1. The van der Waals surface area contributed by atoms with Gasteiger partial charge in [-0.1, -0.05) is 19.8 Å². The lowest BCUT2D eigenvalue weighted by atomic mass is 10.1. The van der Waals surface area contributed by atoms with Crippen molar-refractivity contribution < 1.29 is 24.2 Å². The Morgan fingerprint density at radius 2 is 1.96 bits per heavy atom. The van der Waals surface area contributed by atoms with Crippen molar-refractivity contribution in [3.63, 3.8) is 0 Å². The van der Waals surface area contributed by atoms with Crippen molar-refractivity contribution in [1.29, 1.82) is 0 Å². The third-order valence-corrected chi connectivity index (χ3v) is 3.87. The van der Waals surface area contributed by atoms with E-state index in [1.165, 1.54) is 4.90 Å². The van der Waals surface area contributed by atoms with Gasteiger partial charge in [0.05, 0.1) is 18.1 Å². The van der Waals surface area contributed by atoms with E-state index in [2.05, 4.69) is 6.92 Å². The summed E-state index contributed by atoms with van der Waals surface area (Å²) >= 11 is 0. The maximum atomic E-state index is 11.9. The summed E-state index contributed by atoms with van der Waals surface area (Å²) in [5, 5.41) is 8.99. The zero-order chi connectivity index (χ0) is 16.8. The number of ether oxygens (including phenoxy) is 1. The summed E-state index contributed by atoms with van der Waals surface area (Å²) in [6.45, 7) is 2.64. The Morgan fingerprint density at radius 3 is 2.52 bits per heavy atom. The maximum Gasteiger partial charge on any atom is 0.338 e. The minimum atomic E-state index is -0.965. The lowest BCUT2D eigenvalue weighted by Crippen LogP contribution is -2.25. The molecule has 0 saturated carbocycles. The number of hydrogen-bond acceptors (Lipinski definition) is 4. The minimum absolute atomic E-state index is 0.0105. The van der Waals surface area contributed by atoms with E-state index in [-0.39, 0.29) is 24.8 Å². The van der Waals surface area contributed by atoms with E-state index in [1.54, 1.807) is 24.3 Å². The second kappa shape index (κ2) is 7.76. The normalized spacial score (nSPS) is 17.3. The predicted molar refractivity (Wildman–Crippen MR) is 84.3 cm³/mol. The first kappa shape index (κ1) is 17.0. The molecule has 1 aliphatic rings. The van der Waals surface area contributed by atoms with E-state index in [1.807, 2.05) is 0 Å². The molecule has 23 heavy (non-hydrogen) atoms. The van der Waals surface area contributed by atoms with Gasteiger partial charge >= 0.3 is 11.9 Å². The number of esters is 1. The van der Waals surface area contributed by atoms with Crippen LogP contribution in [0.2, 0.25) is 0 Å². The number of unbranched alkanes of at least 4 members (excludes halogenated alkanes) is 2. The van der Waals surface area contributed by atoms with E-state index in [9.17, 15) is 14.4 Å². The Hall–Kier alpha value is -2.37. The second-order valence-corrected chi connectivity index (χ2v) is 5.63. The van der Waals surface area contributed by atoms with Gasteiger partial charge in [-0.3, -0.25) is 9.59 Å². The molecule has 6 heteroatoms. The number of benzene rings is 1. The highest BCUT2D eigenvalue weighted by Crippen LogP contribution is 2.25. The molecule has 1 aromatic carbocycles. The molecule has 1 amide bonds. The molecular weight excluding hydrogens is 298 g/mol. The topological polar surface area (TPSA) is 83.9 Å². The summed E-state index contributed by atoms with van der Waals surface area (Å²) in [5.41, 5.74) is 1.02. The van der Waals surface area contributed by atoms with Crippen LogP contribution in [0, 0.1) is 5.92 Å². The van der Waals surface area contributed by atoms with Crippen LogP contribution in [-0.4, -0.2) is 36.1 Å². The standard InChI is InChI=1S/C17H21NO5/c1-2-3-4-9-23-17(22)12-5-7-14(8-6-12)18-11-13(16(20)21)10-15(18)19/h5-8,13H,2-4,9-11H2,1H3,(H,20,21)/t13-/m0/s1. The fourth-order valence-corrected chi connectivity index (χ4v) is 2.50. The summed E-state index contributed by atoms with van der Waals surface area (Å²) in [5.74, 6) is -2.24. The first-order chi connectivity index (χ1) is 11.0. The van der Waals surface area contributed by atoms with Gasteiger partial charge in [0.25, 0.3) is 0 Å². The Labute approximate surface area is 135 Å². The molecule has 124 valence electrons. The van der Waals surface area contributed by atoms with Crippen molar-refractivity contribution in [1.82, 2.24) is 0 Å². The lowest BCUT2D eigenvalue weighted by molar-refractivity contribution is -0.141. The van der Waals surface area contributed by atoms with Crippen LogP contribution in [0.15, 0.2) is 24.3 Å². The highest BCUT2D eigenvalue weighted by Gasteiger charge is 2.35. The van der Waals surface area contributed by atoms with Gasteiger partial charge in [0.15, 0.2) is 0 Å². The largest absolute Gasteiger partial charge is 0.481 e. The molecule has 0 unspecified atom stereocenters. The van der Waals surface area contributed by atoms with Crippen LogP contribution in [0.5, 0.6) is 0 Å². The van der Waals surface area contributed by atoms with E-state index in [4.69, 9.17) is 9.84 Å². The molecule has 1 aromatic rings. The highest BCUT2D eigenvalue weighted by molar-refractivity contribution is 5.99. The average Bonchev–Trinajstić information content (AvgIpc) is 2.94. The number of carboxylic acids is 1. The van der Waals surface area contributed by atoms with E-state index in [0.29, 0.717) is 17.9 Å². The molecule has 1 fully saturated rings. The fraction of sp³-hybridized carbons (Fsp3) is 0.471. The van der Waals surface area contributed by atoms with Gasteiger partial charge in [-0.25, -0.2) is 4.79 Å². The third kappa shape index (κ3) is 4.31. The van der Waals surface area contributed by atoms with E-state index >= 15 is 0 Å². The summed E-state index contributed by atoms with van der Waals surface area (Å²) in [6, 6.07) is 6.48. The summed E-state index contributed by atoms with van der Waals surface area (Å²) in [7, 11) is 0. The molecule has 1 aliphatic heterocycles. The van der Waals surface area contributed by atoms with Crippen LogP contribution in [0.25, 0.3) is 0 Å². The van der Waals surface area contributed by atoms with Crippen LogP contribution in [-0.2, 0) is 14.3 Å². The zero-order valence-electron chi connectivity index (χ0n) is 13.2. The van der Waals surface area contributed by atoms with Gasteiger partial charge in [-0.2, -0.15) is 0 Å².